The van der Waals surface area contributed by atoms with E-state index in [2.05, 4.69) is 15.9 Å². The van der Waals surface area contributed by atoms with Crippen LogP contribution in [0.2, 0.25) is 5.02 Å². The molecule has 1 fully saturated rings. The van der Waals surface area contributed by atoms with Crippen molar-refractivity contribution in [3.63, 3.8) is 0 Å². The summed E-state index contributed by atoms with van der Waals surface area (Å²) in [6, 6.07) is 22.5. The molecule has 1 saturated heterocycles. The predicted octanol–water partition coefficient (Wildman–Crippen LogP) is 6.92. The third-order valence-electron chi connectivity index (χ3n) is 4.60. The Morgan fingerprint density at radius 3 is 2.42 bits per heavy atom. The number of imide groups is 1. The van der Waals surface area contributed by atoms with Gasteiger partial charge in [-0.15, -0.1) is 0 Å². The van der Waals surface area contributed by atoms with E-state index in [0.29, 0.717) is 16.5 Å². The Morgan fingerprint density at radius 1 is 0.968 bits per heavy atom. The van der Waals surface area contributed by atoms with E-state index in [1.54, 1.807) is 6.08 Å². The molecule has 1 aliphatic rings. The lowest BCUT2D eigenvalue weighted by Crippen LogP contribution is -2.27. The molecule has 0 saturated carbocycles. The van der Waals surface area contributed by atoms with Crippen LogP contribution in [-0.2, 0) is 17.9 Å². The number of thioether (sulfide) groups is 1. The number of amides is 2. The molecule has 0 aromatic heterocycles. The monoisotopic (exact) mass is 513 g/mol. The number of benzene rings is 3. The van der Waals surface area contributed by atoms with Gasteiger partial charge in [-0.1, -0.05) is 63.9 Å². The third-order valence-corrected chi connectivity index (χ3v) is 6.25. The molecule has 0 bridgehead atoms. The van der Waals surface area contributed by atoms with Crippen LogP contribution in [0.25, 0.3) is 6.08 Å². The fourth-order valence-electron chi connectivity index (χ4n) is 3.01. The Balaban J connectivity index is 1.40. The van der Waals surface area contributed by atoms with Gasteiger partial charge in [0.25, 0.3) is 11.1 Å². The lowest BCUT2D eigenvalue weighted by Gasteiger charge is -2.12. The highest BCUT2D eigenvalue weighted by atomic mass is 79.9. The molecule has 0 N–H and O–H groups in total. The number of ether oxygens (including phenoxy) is 1. The number of rotatable bonds is 6. The number of nitrogens with zero attached hydrogens (tertiary/aromatic N) is 1. The molecule has 0 aliphatic carbocycles. The molecule has 4 nitrogen and oxygen atoms in total. The molecule has 31 heavy (non-hydrogen) atoms. The van der Waals surface area contributed by atoms with Crippen molar-refractivity contribution in [3.05, 3.63) is 104 Å². The van der Waals surface area contributed by atoms with Gasteiger partial charge >= 0.3 is 0 Å². The SMILES string of the molecule is O=C1S/C(=C/c2ccc(OCc3ccc(Cl)cc3)cc2)C(=O)N1Cc1cccc(Br)c1. The van der Waals surface area contributed by atoms with Crippen molar-refractivity contribution in [2.45, 2.75) is 13.2 Å². The van der Waals surface area contributed by atoms with Crippen molar-refractivity contribution in [2.75, 3.05) is 0 Å². The number of hydrogen-bond acceptors (Lipinski definition) is 4. The molecular formula is C24H17BrClNO3S. The topological polar surface area (TPSA) is 46.6 Å². The molecule has 0 unspecified atom stereocenters. The zero-order chi connectivity index (χ0) is 21.8. The lowest BCUT2D eigenvalue weighted by molar-refractivity contribution is -0.123. The van der Waals surface area contributed by atoms with Crippen LogP contribution in [0.3, 0.4) is 0 Å². The second kappa shape index (κ2) is 9.73. The Morgan fingerprint density at radius 2 is 1.71 bits per heavy atom. The summed E-state index contributed by atoms with van der Waals surface area (Å²) in [6.07, 6.45) is 1.73. The molecule has 1 aliphatic heterocycles. The maximum Gasteiger partial charge on any atom is 0.293 e. The highest BCUT2D eigenvalue weighted by molar-refractivity contribution is 9.10. The van der Waals surface area contributed by atoms with Crippen LogP contribution in [0.1, 0.15) is 16.7 Å². The zero-order valence-electron chi connectivity index (χ0n) is 16.3. The zero-order valence-corrected chi connectivity index (χ0v) is 19.4. The molecule has 1 heterocycles. The summed E-state index contributed by atoms with van der Waals surface area (Å²) in [5.74, 6) is 0.438. The minimum absolute atomic E-state index is 0.249. The molecule has 0 atom stereocenters. The van der Waals surface area contributed by atoms with E-state index in [9.17, 15) is 9.59 Å². The van der Waals surface area contributed by atoms with Crippen molar-refractivity contribution < 1.29 is 14.3 Å². The van der Waals surface area contributed by atoms with Gasteiger partial charge in [0, 0.05) is 9.50 Å². The van der Waals surface area contributed by atoms with E-state index in [-0.39, 0.29) is 17.7 Å². The first kappa shape index (κ1) is 21.7. The standard InChI is InChI=1S/C24H17BrClNO3S/c25-19-3-1-2-18(12-19)14-27-23(28)22(31-24(27)29)13-16-6-10-21(11-7-16)30-15-17-4-8-20(26)9-5-17/h1-13H,14-15H2/b22-13+. The van der Waals surface area contributed by atoms with E-state index in [4.69, 9.17) is 16.3 Å². The van der Waals surface area contributed by atoms with E-state index in [0.717, 1.165) is 38.7 Å². The molecule has 0 radical (unpaired) electrons. The van der Waals surface area contributed by atoms with Crippen molar-refractivity contribution in [1.82, 2.24) is 4.90 Å². The normalized spacial score (nSPS) is 15.0. The first-order valence-corrected chi connectivity index (χ1v) is 11.4. The Kier molecular flexibility index (Phi) is 6.80. The average molecular weight is 515 g/mol. The van der Waals surface area contributed by atoms with E-state index in [1.165, 1.54) is 4.90 Å². The van der Waals surface area contributed by atoms with Crippen LogP contribution in [0.5, 0.6) is 5.75 Å². The molecule has 3 aromatic carbocycles. The van der Waals surface area contributed by atoms with Crippen molar-refractivity contribution in [3.8, 4) is 5.75 Å². The van der Waals surface area contributed by atoms with Crippen LogP contribution >= 0.6 is 39.3 Å². The van der Waals surface area contributed by atoms with Crippen molar-refractivity contribution in [2.24, 2.45) is 0 Å². The summed E-state index contributed by atoms with van der Waals surface area (Å²) in [5.41, 5.74) is 2.74. The number of carbonyl (C=O) groups is 2. The predicted molar refractivity (Wildman–Crippen MR) is 128 cm³/mol. The van der Waals surface area contributed by atoms with Gasteiger partial charge < -0.3 is 4.74 Å². The summed E-state index contributed by atoms with van der Waals surface area (Å²) in [7, 11) is 0. The quantitative estimate of drug-likeness (QED) is 0.335. The summed E-state index contributed by atoms with van der Waals surface area (Å²) >= 11 is 10.3. The Labute approximate surface area is 198 Å². The second-order valence-corrected chi connectivity index (χ2v) is 9.23. The molecule has 7 heteroatoms. The summed E-state index contributed by atoms with van der Waals surface area (Å²) in [5, 5.41) is 0.424. The number of halogens is 2. The smallest absolute Gasteiger partial charge is 0.293 e. The van der Waals surface area contributed by atoms with Gasteiger partial charge in [0.2, 0.25) is 0 Å². The molecule has 0 spiro atoms. The number of carbonyl (C=O) groups excluding carboxylic acids is 2. The summed E-state index contributed by atoms with van der Waals surface area (Å²) in [4.78, 5) is 26.8. The highest BCUT2D eigenvalue weighted by Gasteiger charge is 2.34. The van der Waals surface area contributed by atoms with E-state index >= 15 is 0 Å². The minimum Gasteiger partial charge on any atom is -0.489 e. The minimum atomic E-state index is -0.280. The summed E-state index contributed by atoms with van der Waals surface area (Å²) in [6.45, 7) is 0.684. The highest BCUT2D eigenvalue weighted by Crippen LogP contribution is 2.33. The van der Waals surface area contributed by atoms with Crippen molar-refractivity contribution >= 4 is 56.5 Å². The van der Waals surface area contributed by atoms with Gasteiger partial charge in [0.15, 0.2) is 0 Å². The van der Waals surface area contributed by atoms with Crippen LogP contribution in [0, 0.1) is 0 Å². The largest absolute Gasteiger partial charge is 0.489 e. The first-order valence-electron chi connectivity index (χ1n) is 9.45. The van der Waals surface area contributed by atoms with Crippen molar-refractivity contribution in [1.29, 1.82) is 0 Å². The van der Waals surface area contributed by atoms with Crippen LogP contribution < -0.4 is 4.74 Å². The van der Waals surface area contributed by atoms with Gasteiger partial charge in [-0.2, -0.15) is 0 Å². The molecular weight excluding hydrogens is 498 g/mol. The molecule has 2 amide bonds. The third kappa shape index (κ3) is 5.58. The van der Waals surface area contributed by atoms with Crippen LogP contribution in [-0.4, -0.2) is 16.0 Å². The Bertz CT molecular complexity index is 1150. The van der Waals surface area contributed by atoms with Gasteiger partial charge in [0.1, 0.15) is 12.4 Å². The Hall–Kier alpha value is -2.54. The van der Waals surface area contributed by atoms with E-state index in [1.807, 2.05) is 72.8 Å². The molecule has 4 rings (SSSR count). The van der Waals surface area contributed by atoms with Crippen LogP contribution in [0.15, 0.2) is 82.2 Å². The summed E-state index contributed by atoms with van der Waals surface area (Å²) < 4.78 is 6.69. The van der Waals surface area contributed by atoms with Gasteiger partial charge in [-0.05, 0) is 70.9 Å². The second-order valence-electron chi connectivity index (χ2n) is 6.88. The maximum atomic E-state index is 12.7. The van der Waals surface area contributed by atoms with Gasteiger partial charge in [0.05, 0.1) is 11.4 Å². The lowest BCUT2D eigenvalue weighted by atomic mass is 10.2. The van der Waals surface area contributed by atoms with Gasteiger partial charge in [-0.25, -0.2) is 0 Å². The fraction of sp³-hybridized carbons (Fsp3) is 0.0833. The maximum absolute atomic E-state index is 12.7. The average Bonchev–Trinajstić information content (AvgIpc) is 3.02. The van der Waals surface area contributed by atoms with Gasteiger partial charge in [-0.3, -0.25) is 14.5 Å². The molecule has 156 valence electrons. The van der Waals surface area contributed by atoms with E-state index < -0.39 is 0 Å². The number of hydrogen-bond donors (Lipinski definition) is 0. The molecule has 3 aromatic rings. The first-order chi connectivity index (χ1) is 15.0. The van der Waals surface area contributed by atoms with Crippen LogP contribution in [0.4, 0.5) is 4.79 Å². The fourth-order valence-corrected chi connectivity index (χ4v) is 4.42.